The summed E-state index contributed by atoms with van der Waals surface area (Å²) >= 11 is 0. The second-order valence-electron chi connectivity index (χ2n) is 4.78. The van der Waals surface area contributed by atoms with Crippen molar-refractivity contribution in [2.45, 2.75) is 13.8 Å². The summed E-state index contributed by atoms with van der Waals surface area (Å²) in [5, 5.41) is 9.13. The van der Waals surface area contributed by atoms with E-state index < -0.39 is 0 Å². The molecule has 0 spiro atoms. The number of hydrogen-bond donors (Lipinski definition) is 0. The maximum atomic E-state index is 9.13. The molecule has 114 valence electrons. The van der Waals surface area contributed by atoms with E-state index in [4.69, 9.17) is 10.00 Å². The van der Waals surface area contributed by atoms with Crippen LogP contribution in [0.1, 0.15) is 19.5 Å². The number of rotatable bonds is 7. The summed E-state index contributed by atoms with van der Waals surface area (Å²) in [4.78, 5) is 10.8. The summed E-state index contributed by atoms with van der Waals surface area (Å²) in [7, 11) is 0. The monoisotopic (exact) mass is 296 g/mol. The SMILES string of the molecule is CCN(CC)CCOc1cc(C#N)nc(-c2ccccn2)c1. The molecule has 0 unspecified atom stereocenters. The van der Waals surface area contributed by atoms with E-state index in [-0.39, 0.29) is 0 Å². The fourth-order valence-corrected chi connectivity index (χ4v) is 2.12. The van der Waals surface area contributed by atoms with Crippen molar-refractivity contribution in [3.8, 4) is 23.2 Å². The number of hydrogen-bond acceptors (Lipinski definition) is 5. The standard InChI is InChI=1S/C17H20N4O/c1-3-21(4-2)9-10-22-15-11-14(13-18)20-17(12-15)16-7-5-6-8-19-16/h5-8,11-12H,3-4,9-10H2,1-2H3. The average molecular weight is 296 g/mol. The zero-order valence-corrected chi connectivity index (χ0v) is 13.0. The molecule has 5 heteroatoms. The van der Waals surface area contributed by atoms with Crippen LogP contribution in [0.3, 0.4) is 0 Å². The average Bonchev–Trinajstić information content (AvgIpc) is 2.59. The molecule has 0 atom stereocenters. The van der Waals surface area contributed by atoms with Crippen LogP contribution in [-0.4, -0.2) is 41.1 Å². The van der Waals surface area contributed by atoms with E-state index in [1.165, 1.54) is 0 Å². The fraction of sp³-hybridized carbons (Fsp3) is 0.353. The molecular weight excluding hydrogens is 276 g/mol. The van der Waals surface area contributed by atoms with Crippen LogP contribution in [0, 0.1) is 11.3 Å². The van der Waals surface area contributed by atoms with Gasteiger partial charge in [-0.25, -0.2) is 4.98 Å². The van der Waals surface area contributed by atoms with Crippen molar-refractivity contribution in [1.82, 2.24) is 14.9 Å². The molecular formula is C17H20N4O. The Hall–Kier alpha value is -2.45. The molecule has 0 saturated carbocycles. The topological polar surface area (TPSA) is 62.0 Å². The van der Waals surface area contributed by atoms with Crippen molar-refractivity contribution in [1.29, 1.82) is 5.26 Å². The molecule has 0 amide bonds. The molecule has 0 aliphatic rings. The Morgan fingerprint density at radius 3 is 2.64 bits per heavy atom. The summed E-state index contributed by atoms with van der Waals surface area (Å²) in [6, 6.07) is 11.2. The highest BCUT2D eigenvalue weighted by Gasteiger charge is 2.07. The Morgan fingerprint density at radius 2 is 2.00 bits per heavy atom. The van der Waals surface area contributed by atoms with Gasteiger partial charge in [-0.15, -0.1) is 0 Å². The van der Waals surface area contributed by atoms with Crippen LogP contribution in [0.5, 0.6) is 5.75 Å². The summed E-state index contributed by atoms with van der Waals surface area (Å²) in [6.07, 6.45) is 1.71. The fourth-order valence-electron chi connectivity index (χ4n) is 2.12. The Bertz CT molecular complexity index is 633. The number of nitrogens with zero attached hydrogens (tertiary/aromatic N) is 4. The molecule has 0 fully saturated rings. The lowest BCUT2D eigenvalue weighted by molar-refractivity contribution is 0.222. The first-order valence-electron chi connectivity index (χ1n) is 7.45. The molecule has 0 N–H and O–H groups in total. The van der Waals surface area contributed by atoms with Gasteiger partial charge in [-0.2, -0.15) is 5.26 Å². The summed E-state index contributed by atoms with van der Waals surface area (Å²) in [6.45, 7) is 7.69. The highest BCUT2D eigenvalue weighted by molar-refractivity contribution is 5.57. The number of ether oxygens (including phenoxy) is 1. The maximum Gasteiger partial charge on any atom is 0.144 e. The predicted octanol–water partition coefficient (Wildman–Crippen LogP) is 2.74. The summed E-state index contributed by atoms with van der Waals surface area (Å²) in [5.41, 5.74) is 1.71. The molecule has 2 rings (SSSR count). The lowest BCUT2D eigenvalue weighted by Gasteiger charge is -2.18. The van der Waals surface area contributed by atoms with Crippen molar-refractivity contribution >= 4 is 0 Å². The Kier molecular flexibility index (Phi) is 5.87. The minimum atomic E-state index is 0.334. The second-order valence-corrected chi connectivity index (χ2v) is 4.78. The third-order valence-corrected chi connectivity index (χ3v) is 3.41. The van der Waals surface area contributed by atoms with Crippen LogP contribution in [0.15, 0.2) is 36.5 Å². The van der Waals surface area contributed by atoms with Gasteiger partial charge < -0.3 is 9.64 Å². The van der Waals surface area contributed by atoms with Crippen LogP contribution in [0.25, 0.3) is 11.4 Å². The molecule has 0 aliphatic heterocycles. The van der Waals surface area contributed by atoms with Gasteiger partial charge in [0.25, 0.3) is 0 Å². The van der Waals surface area contributed by atoms with Gasteiger partial charge in [0.2, 0.25) is 0 Å². The van der Waals surface area contributed by atoms with Crippen LogP contribution in [0.2, 0.25) is 0 Å². The van der Waals surface area contributed by atoms with Crippen molar-refractivity contribution in [3.63, 3.8) is 0 Å². The number of pyridine rings is 2. The van der Waals surface area contributed by atoms with Crippen molar-refractivity contribution < 1.29 is 4.74 Å². The number of nitriles is 1. The molecule has 0 saturated heterocycles. The van der Waals surface area contributed by atoms with Gasteiger partial charge in [-0.1, -0.05) is 19.9 Å². The van der Waals surface area contributed by atoms with E-state index in [1.807, 2.05) is 24.3 Å². The smallest absolute Gasteiger partial charge is 0.144 e. The lowest BCUT2D eigenvalue weighted by Crippen LogP contribution is -2.27. The largest absolute Gasteiger partial charge is 0.492 e. The quantitative estimate of drug-likeness (QED) is 0.786. The van der Waals surface area contributed by atoms with Crippen molar-refractivity contribution in [2.24, 2.45) is 0 Å². The minimum Gasteiger partial charge on any atom is -0.492 e. The third kappa shape index (κ3) is 4.27. The van der Waals surface area contributed by atoms with E-state index in [9.17, 15) is 0 Å². The zero-order chi connectivity index (χ0) is 15.8. The van der Waals surface area contributed by atoms with E-state index >= 15 is 0 Å². The minimum absolute atomic E-state index is 0.334. The van der Waals surface area contributed by atoms with E-state index in [1.54, 1.807) is 12.3 Å². The molecule has 2 aromatic heterocycles. The van der Waals surface area contributed by atoms with Gasteiger partial charge in [-0.05, 0) is 25.2 Å². The molecule has 0 aliphatic carbocycles. The molecule has 22 heavy (non-hydrogen) atoms. The molecule has 0 bridgehead atoms. The van der Waals surface area contributed by atoms with Crippen molar-refractivity contribution in [2.75, 3.05) is 26.2 Å². The van der Waals surface area contributed by atoms with Gasteiger partial charge in [0, 0.05) is 24.9 Å². The maximum absolute atomic E-state index is 9.13. The first kappa shape index (κ1) is 15.9. The molecule has 2 heterocycles. The highest BCUT2D eigenvalue weighted by Crippen LogP contribution is 2.21. The van der Waals surface area contributed by atoms with Gasteiger partial charge in [0.05, 0.1) is 11.4 Å². The van der Waals surface area contributed by atoms with E-state index in [2.05, 4.69) is 34.8 Å². The van der Waals surface area contributed by atoms with Gasteiger partial charge in [0.1, 0.15) is 24.1 Å². The summed E-state index contributed by atoms with van der Waals surface area (Å²) in [5.74, 6) is 0.652. The number of aromatic nitrogens is 2. The van der Waals surface area contributed by atoms with Gasteiger partial charge >= 0.3 is 0 Å². The Morgan fingerprint density at radius 1 is 1.18 bits per heavy atom. The number of likely N-dealkylation sites (N-methyl/N-ethyl adjacent to an activating group) is 1. The van der Waals surface area contributed by atoms with E-state index in [0.717, 1.165) is 25.3 Å². The van der Waals surface area contributed by atoms with Gasteiger partial charge in [0.15, 0.2) is 0 Å². The summed E-state index contributed by atoms with van der Waals surface area (Å²) < 4.78 is 5.78. The van der Waals surface area contributed by atoms with Crippen LogP contribution in [0.4, 0.5) is 0 Å². The van der Waals surface area contributed by atoms with Crippen LogP contribution < -0.4 is 4.74 Å². The predicted molar refractivity (Wildman–Crippen MR) is 85.5 cm³/mol. The Labute approximate surface area is 131 Å². The zero-order valence-electron chi connectivity index (χ0n) is 13.0. The van der Waals surface area contributed by atoms with Gasteiger partial charge in [-0.3, -0.25) is 4.98 Å². The molecule has 0 aromatic carbocycles. The normalized spacial score (nSPS) is 10.5. The molecule has 5 nitrogen and oxygen atoms in total. The lowest BCUT2D eigenvalue weighted by atomic mass is 10.2. The molecule has 2 aromatic rings. The van der Waals surface area contributed by atoms with Crippen molar-refractivity contribution in [3.05, 3.63) is 42.2 Å². The van der Waals surface area contributed by atoms with Crippen LogP contribution in [-0.2, 0) is 0 Å². The van der Waals surface area contributed by atoms with E-state index in [0.29, 0.717) is 23.7 Å². The van der Waals surface area contributed by atoms with Crippen LogP contribution >= 0.6 is 0 Å². The third-order valence-electron chi connectivity index (χ3n) is 3.41. The first-order chi connectivity index (χ1) is 10.8. The highest BCUT2D eigenvalue weighted by atomic mass is 16.5. The Balaban J connectivity index is 2.13. The molecule has 0 radical (unpaired) electrons. The first-order valence-corrected chi connectivity index (χ1v) is 7.45. The second kappa shape index (κ2) is 8.11.